The summed E-state index contributed by atoms with van der Waals surface area (Å²) >= 11 is 0. The molecule has 20 heavy (non-hydrogen) atoms. The molecule has 2 N–H and O–H groups in total. The first kappa shape index (κ1) is 17.4. The molecule has 0 aliphatic heterocycles. The molecule has 0 spiro atoms. The van der Waals surface area contributed by atoms with Gasteiger partial charge in [0.25, 0.3) is 0 Å². The first-order chi connectivity index (χ1) is 9.36. The highest BCUT2D eigenvalue weighted by atomic mass is 16.5. The van der Waals surface area contributed by atoms with E-state index in [0.717, 1.165) is 25.3 Å². The predicted molar refractivity (Wildman–Crippen MR) is 82.5 cm³/mol. The molecule has 0 aromatic rings. The average Bonchev–Trinajstić information content (AvgIpc) is 3.17. The van der Waals surface area contributed by atoms with Gasteiger partial charge in [0.1, 0.15) is 5.54 Å². The van der Waals surface area contributed by atoms with Gasteiger partial charge in [0.15, 0.2) is 0 Å². The van der Waals surface area contributed by atoms with Crippen LogP contribution in [0.15, 0.2) is 0 Å². The molecule has 1 rings (SSSR count). The molecule has 1 aliphatic rings. The van der Waals surface area contributed by atoms with E-state index in [2.05, 4.69) is 18.7 Å². The van der Waals surface area contributed by atoms with Crippen LogP contribution < -0.4 is 5.73 Å². The highest BCUT2D eigenvalue weighted by Crippen LogP contribution is 2.30. The van der Waals surface area contributed by atoms with E-state index in [-0.39, 0.29) is 5.97 Å². The third-order valence-corrected chi connectivity index (χ3v) is 4.05. The van der Waals surface area contributed by atoms with Gasteiger partial charge in [-0.3, -0.25) is 4.79 Å². The van der Waals surface area contributed by atoms with Gasteiger partial charge in [0.05, 0.1) is 6.61 Å². The molecular formula is C16H32N2O2. The SMILES string of the molecule is CCOC(=O)C(C)(N)CCCCN(CC1CC1)C(C)C. The van der Waals surface area contributed by atoms with E-state index in [1.807, 2.05) is 6.92 Å². The van der Waals surface area contributed by atoms with Gasteiger partial charge in [0.2, 0.25) is 0 Å². The minimum absolute atomic E-state index is 0.279. The van der Waals surface area contributed by atoms with E-state index in [1.54, 1.807) is 6.92 Å². The number of unbranched alkanes of at least 4 members (excludes halogenated alkanes) is 1. The summed E-state index contributed by atoms with van der Waals surface area (Å²) in [7, 11) is 0. The van der Waals surface area contributed by atoms with Crippen LogP contribution >= 0.6 is 0 Å². The number of rotatable bonds is 10. The highest BCUT2D eigenvalue weighted by molar-refractivity contribution is 5.79. The summed E-state index contributed by atoms with van der Waals surface area (Å²) in [5.41, 5.74) is 5.19. The van der Waals surface area contributed by atoms with Crippen molar-refractivity contribution in [1.82, 2.24) is 4.90 Å². The van der Waals surface area contributed by atoms with E-state index < -0.39 is 5.54 Å². The molecule has 1 atom stereocenters. The van der Waals surface area contributed by atoms with Crippen LogP contribution in [0, 0.1) is 5.92 Å². The van der Waals surface area contributed by atoms with Crippen LogP contribution in [-0.2, 0) is 9.53 Å². The average molecular weight is 284 g/mol. The Morgan fingerprint density at radius 1 is 1.40 bits per heavy atom. The van der Waals surface area contributed by atoms with E-state index >= 15 is 0 Å². The maximum Gasteiger partial charge on any atom is 0.325 e. The zero-order chi connectivity index (χ0) is 15.2. The van der Waals surface area contributed by atoms with Crippen molar-refractivity contribution < 1.29 is 9.53 Å². The van der Waals surface area contributed by atoms with Crippen molar-refractivity contribution in [3.05, 3.63) is 0 Å². The molecule has 118 valence electrons. The number of ether oxygens (including phenoxy) is 1. The summed E-state index contributed by atoms with van der Waals surface area (Å²) in [5, 5.41) is 0. The first-order valence-corrected chi connectivity index (χ1v) is 8.07. The molecule has 0 aromatic carbocycles. The topological polar surface area (TPSA) is 55.6 Å². The molecule has 0 radical (unpaired) electrons. The largest absolute Gasteiger partial charge is 0.465 e. The molecule has 4 nitrogen and oxygen atoms in total. The fourth-order valence-electron chi connectivity index (χ4n) is 2.40. The fraction of sp³-hybridized carbons (Fsp3) is 0.938. The molecule has 0 saturated heterocycles. The van der Waals surface area contributed by atoms with E-state index in [0.29, 0.717) is 19.1 Å². The Morgan fingerprint density at radius 2 is 2.05 bits per heavy atom. The predicted octanol–water partition coefficient (Wildman–Crippen LogP) is 2.56. The Bertz CT molecular complexity index is 299. The van der Waals surface area contributed by atoms with Gasteiger partial charge in [-0.15, -0.1) is 0 Å². The minimum atomic E-state index is -0.838. The van der Waals surface area contributed by atoms with Crippen LogP contribution in [-0.4, -0.2) is 42.1 Å². The van der Waals surface area contributed by atoms with E-state index in [9.17, 15) is 4.79 Å². The number of hydrogen-bond acceptors (Lipinski definition) is 4. The van der Waals surface area contributed by atoms with E-state index in [1.165, 1.54) is 19.4 Å². The number of nitrogens with zero attached hydrogens (tertiary/aromatic N) is 1. The zero-order valence-electron chi connectivity index (χ0n) is 13.7. The van der Waals surface area contributed by atoms with Gasteiger partial charge < -0.3 is 15.4 Å². The second-order valence-corrected chi connectivity index (χ2v) is 6.63. The molecule has 1 fully saturated rings. The van der Waals surface area contributed by atoms with Crippen molar-refractivity contribution in [2.24, 2.45) is 11.7 Å². The number of carbonyl (C=O) groups excluding carboxylic acids is 1. The standard InChI is InChI=1S/C16H32N2O2/c1-5-20-15(19)16(4,17)10-6-7-11-18(13(2)3)12-14-8-9-14/h13-14H,5-12,17H2,1-4H3. The lowest BCUT2D eigenvalue weighted by atomic mass is 9.96. The van der Waals surface area contributed by atoms with Crippen molar-refractivity contribution in [3.8, 4) is 0 Å². The third-order valence-electron chi connectivity index (χ3n) is 4.05. The maximum absolute atomic E-state index is 11.7. The smallest absolute Gasteiger partial charge is 0.325 e. The molecular weight excluding hydrogens is 252 g/mol. The van der Waals surface area contributed by atoms with Crippen LogP contribution in [0.1, 0.15) is 59.8 Å². The van der Waals surface area contributed by atoms with Gasteiger partial charge in [-0.1, -0.05) is 0 Å². The second-order valence-electron chi connectivity index (χ2n) is 6.63. The Hall–Kier alpha value is -0.610. The molecule has 1 aliphatic carbocycles. The summed E-state index contributed by atoms with van der Waals surface area (Å²) < 4.78 is 5.01. The normalized spacial score (nSPS) is 18.4. The van der Waals surface area contributed by atoms with Gasteiger partial charge in [0, 0.05) is 12.6 Å². The lowest BCUT2D eigenvalue weighted by Crippen LogP contribution is -2.46. The molecule has 0 amide bonds. The lowest BCUT2D eigenvalue weighted by Gasteiger charge is -2.27. The van der Waals surface area contributed by atoms with Gasteiger partial charge >= 0.3 is 5.97 Å². The molecule has 0 heterocycles. The third kappa shape index (κ3) is 6.23. The number of nitrogens with two attached hydrogens (primary N) is 1. The fourth-order valence-corrected chi connectivity index (χ4v) is 2.40. The summed E-state index contributed by atoms with van der Waals surface area (Å²) in [6, 6.07) is 0.602. The van der Waals surface area contributed by atoms with Crippen molar-refractivity contribution in [1.29, 1.82) is 0 Å². The highest BCUT2D eigenvalue weighted by Gasteiger charge is 2.29. The van der Waals surface area contributed by atoms with Gasteiger partial charge in [-0.2, -0.15) is 0 Å². The summed E-state index contributed by atoms with van der Waals surface area (Å²) in [4.78, 5) is 14.2. The molecule has 1 unspecified atom stereocenters. The van der Waals surface area contributed by atoms with Crippen molar-refractivity contribution in [3.63, 3.8) is 0 Å². The monoisotopic (exact) mass is 284 g/mol. The quantitative estimate of drug-likeness (QED) is 0.495. The molecule has 0 bridgehead atoms. The Morgan fingerprint density at radius 3 is 2.55 bits per heavy atom. The Labute approximate surface area is 124 Å². The Kier molecular flexibility index (Phi) is 6.96. The van der Waals surface area contributed by atoms with Crippen molar-refractivity contribution >= 4 is 5.97 Å². The summed E-state index contributed by atoms with van der Waals surface area (Å²) in [6.45, 7) is 10.8. The van der Waals surface area contributed by atoms with Crippen molar-refractivity contribution in [2.45, 2.75) is 71.4 Å². The van der Waals surface area contributed by atoms with E-state index in [4.69, 9.17) is 10.5 Å². The number of hydrogen-bond donors (Lipinski definition) is 1. The van der Waals surface area contributed by atoms with Crippen LogP contribution in [0.4, 0.5) is 0 Å². The van der Waals surface area contributed by atoms with Crippen LogP contribution in [0.3, 0.4) is 0 Å². The van der Waals surface area contributed by atoms with Crippen LogP contribution in [0.25, 0.3) is 0 Å². The van der Waals surface area contributed by atoms with Crippen LogP contribution in [0.2, 0.25) is 0 Å². The van der Waals surface area contributed by atoms with Crippen molar-refractivity contribution in [2.75, 3.05) is 19.7 Å². The van der Waals surface area contributed by atoms with Gasteiger partial charge in [-0.25, -0.2) is 0 Å². The molecule has 4 heteroatoms. The van der Waals surface area contributed by atoms with Gasteiger partial charge in [-0.05, 0) is 72.3 Å². The number of esters is 1. The minimum Gasteiger partial charge on any atom is -0.465 e. The summed E-state index contributed by atoms with van der Waals surface area (Å²) in [5.74, 6) is 0.649. The number of carbonyl (C=O) groups is 1. The Balaban J connectivity index is 2.23. The first-order valence-electron chi connectivity index (χ1n) is 8.07. The second kappa shape index (κ2) is 7.99. The maximum atomic E-state index is 11.7. The lowest BCUT2D eigenvalue weighted by molar-refractivity contribution is -0.149. The van der Waals surface area contributed by atoms with Crippen LogP contribution in [0.5, 0.6) is 0 Å². The molecule has 1 saturated carbocycles. The molecule has 0 aromatic heterocycles. The zero-order valence-corrected chi connectivity index (χ0v) is 13.7. The summed E-state index contributed by atoms with van der Waals surface area (Å²) in [6.07, 6.45) is 5.55.